The number of hydrogen-bond donors (Lipinski definition) is 2. The number of carboxylic acids is 1. The summed E-state index contributed by atoms with van der Waals surface area (Å²) in [6.45, 7) is 1.86. The maximum Gasteiger partial charge on any atom is 0.313 e. The molecule has 1 aromatic rings. The van der Waals surface area contributed by atoms with Crippen molar-refractivity contribution in [3.8, 4) is 5.75 Å². The fourth-order valence-electron chi connectivity index (χ4n) is 1.33. The van der Waals surface area contributed by atoms with Crippen molar-refractivity contribution in [3.05, 3.63) is 28.8 Å². The quantitative estimate of drug-likeness (QED) is 0.830. The topological polar surface area (TPSA) is 66.8 Å². The Morgan fingerprint density at radius 2 is 2.25 bits per heavy atom. The minimum Gasteiger partial charge on any atom is -0.492 e. The van der Waals surface area contributed by atoms with Crippen molar-refractivity contribution in [3.63, 3.8) is 0 Å². The average molecular weight is 245 g/mol. The van der Waals surface area contributed by atoms with E-state index in [4.69, 9.17) is 26.6 Å². The number of carbonyl (C=O) groups is 1. The van der Waals surface area contributed by atoms with E-state index < -0.39 is 18.5 Å². The van der Waals surface area contributed by atoms with Crippen LogP contribution >= 0.6 is 11.6 Å². The minimum absolute atomic E-state index is 0.346. The van der Waals surface area contributed by atoms with Crippen LogP contribution in [0.2, 0.25) is 5.02 Å². The molecule has 4 nitrogen and oxygen atoms in total. The highest BCUT2D eigenvalue weighted by Gasteiger charge is 2.19. The SMILES string of the molecule is CCOc1ccc(C(CO)C(=O)O)cc1Cl. The smallest absolute Gasteiger partial charge is 0.313 e. The van der Waals surface area contributed by atoms with Crippen molar-refractivity contribution in [1.29, 1.82) is 0 Å². The minimum atomic E-state index is -1.08. The predicted molar refractivity (Wildman–Crippen MR) is 60.1 cm³/mol. The summed E-state index contributed by atoms with van der Waals surface area (Å²) >= 11 is 5.91. The summed E-state index contributed by atoms with van der Waals surface area (Å²) in [7, 11) is 0. The van der Waals surface area contributed by atoms with Gasteiger partial charge in [-0.1, -0.05) is 17.7 Å². The van der Waals surface area contributed by atoms with E-state index in [1.807, 2.05) is 6.92 Å². The monoisotopic (exact) mass is 244 g/mol. The van der Waals surface area contributed by atoms with Crippen LogP contribution in [0.15, 0.2) is 18.2 Å². The van der Waals surface area contributed by atoms with Crippen molar-refractivity contribution in [1.82, 2.24) is 0 Å². The Morgan fingerprint density at radius 1 is 1.56 bits per heavy atom. The highest BCUT2D eigenvalue weighted by molar-refractivity contribution is 6.32. The molecule has 2 N–H and O–H groups in total. The van der Waals surface area contributed by atoms with Gasteiger partial charge < -0.3 is 14.9 Å². The Labute approximate surface area is 98.4 Å². The van der Waals surface area contributed by atoms with E-state index in [9.17, 15) is 4.79 Å². The first-order valence-electron chi connectivity index (χ1n) is 4.86. The van der Waals surface area contributed by atoms with Gasteiger partial charge in [-0.15, -0.1) is 0 Å². The normalized spacial score (nSPS) is 12.2. The lowest BCUT2D eigenvalue weighted by molar-refractivity contribution is -0.139. The molecule has 0 aliphatic rings. The van der Waals surface area contributed by atoms with Gasteiger partial charge in [-0.3, -0.25) is 4.79 Å². The maximum absolute atomic E-state index is 10.8. The number of carboxylic acid groups (broad SMARTS) is 1. The summed E-state index contributed by atoms with van der Waals surface area (Å²) in [5, 5.41) is 18.2. The zero-order chi connectivity index (χ0) is 12.1. The molecule has 0 saturated carbocycles. The molecule has 88 valence electrons. The molecule has 1 atom stereocenters. The zero-order valence-electron chi connectivity index (χ0n) is 8.81. The number of halogens is 1. The molecule has 16 heavy (non-hydrogen) atoms. The molecule has 0 aliphatic carbocycles. The summed E-state index contributed by atoms with van der Waals surface area (Å²) < 4.78 is 5.22. The van der Waals surface area contributed by atoms with Gasteiger partial charge in [-0.25, -0.2) is 0 Å². The molecule has 1 aromatic carbocycles. The van der Waals surface area contributed by atoms with Crippen LogP contribution in [0.4, 0.5) is 0 Å². The van der Waals surface area contributed by atoms with Crippen LogP contribution in [0.25, 0.3) is 0 Å². The Morgan fingerprint density at radius 3 is 2.69 bits per heavy atom. The Balaban J connectivity index is 2.99. The van der Waals surface area contributed by atoms with E-state index in [1.54, 1.807) is 12.1 Å². The van der Waals surface area contributed by atoms with Gasteiger partial charge in [-0.05, 0) is 24.6 Å². The standard InChI is InChI=1S/C11H13ClO4/c1-2-16-10-4-3-7(5-9(10)12)8(6-13)11(14)15/h3-5,8,13H,2,6H2,1H3,(H,14,15). The molecule has 0 aliphatic heterocycles. The lowest BCUT2D eigenvalue weighted by Crippen LogP contribution is -2.15. The Kier molecular flexibility index (Phi) is 4.58. The molecule has 1 rings (SSSR count). The molecular formula is C11H13ClO4. The number of benzene rings is 1. The van der Waals surface area contributed by atoms with Crippen LogP contribution in [0, 0.1) is 0 Å². The lowest BCUT2D eigenvalue weighted by Gasteiger charge is -2.12. The van der Waals surface area contributed by atoms with E-state index in [0.29, 0.717) is 22.9 Å². The van der Waals surface area contributed by atoms with Crippen molar-refractivity contribution in [2.45, 2.75) is 12.8 Å². The van der Waals surface area contributed by atoms with E-state index in [1.165, 1.54) is 6.07 Å². The average Bonchev–Trinajstić information content (AvgIpc) is 2.22. The molecule has 5 heteroatoms. The summed E-state index contributed by atoms with van der Waals surface area (Å²) in [5.74, 6) is -1.52. The van der Waals surface area contributed by atoms with Crippen molar-refractivity contribution in [2.75, 3.05) is 13.2 Å². The molecule has 0 spiro atoms. The van der Waals surface area contributed by atoms with Crippen molar-refractivity contribution < 1.29 is 19.7 Å². The third-order valence-electron chi connectivity index (χ3n) is 2.14. The van der Waals surface area contributed by atoms with Crippen LogP contribution in [0.3, 0.4) is 0 Å². The zero-order valence-corrected chi connectivity index (χ0v) is 9.57. The van der Waals surface area contributed by atoms with E-state index in [0.717, 1.165) is 0 Å². The summed E-state index contributed by atoms with van der Waals surface area (Å²) in [4.78, 5) is 10.8. The van der Waals surface area contributed by atoms with Crippen LogP contribution in [0.5, 0.6) is 5.75 Å². The molecule has 1 unspecified atom stereocenters. The molecule has 0 bridgehead atoms. The Hall–Kier alpha value is -1.26. The highest BCUT2D eigenvalue weighted by atomic mass is 35.5. The second-order valence-electron chi connectivity index (χ2n) is 3.20. The molecule has 0 aromatic heterocycles. The number of rotatable bonds is 5. The fourth-order valence-corrected chi connectivity index (χ4v) is 1.58. The third-order valence-corrected chi connectivity index (χ3v) is 2.43. The number of aliphatic hydroxyl groups excluding tert-OH is 1. The van der Waals surface area contributed by atoms with Gasteiger partial charge in [0.05, 0.1) is 18.2 Å². The molecule has 0 heterocycles. The second-order valence-corrected chi connectivity index (χ2v) is 3.60. The number of aliphatic hydroxyl groups is 1. The lowest BCUT2D eigenvalue weighted by atomic mass is 10.0. The highest BCUT2D eigenvalue weighted by Crippen LogP contribution is 2.28. The fraction of sp³-hybridized carbons (Fsp3) is 0.364. The van der Waals surface area contributed by atoms with E-state index >= 15 is 0 Å². The summed E-state index contributed by atoms with van der Waals surface area (Å²) in [6, 6.07) is 4.69. The van der Waals surface area contributed by atoms with Crippen molar-refractivity contribution in [2.24, 2.45) is 0 Å². The van der Waals surface area contributed by atoms with Crippen LogP contribution in [-0.2, 0) is 4.79 Å². The molecule has 0 amide bonds. The molecule has 0 saturated heterocycles. The molecular weight excluding hydrogens is 232 g/mol. The first kappa shape index (κ1) is 12.8. The Bertz CT molecular complexity index is 378. The summed E-state index contributed by atoms with van der Waals surface area (Å²) in [6.07, 6.45) is 0. The number of hydrogen-bond acceptors (Lipinski definition) is 3. The van der Waals surface area contributed by atoms with Crippen LogP contribution in [-0.4, -0.2) is 29.4 Å². The number of ether oxygens (including phenoxy) is 1. The first-order chi connectivity index (χ1) is 7.60. The molecule has 0 fully saturated rings. The second kappa shape index (κ2) is 5.72. The van der Waals surface area contributed by atoms with Gasteiger partial charge in [-0.2, -0.15) is 0 Å². The van der Waals surface area contributed by atoms with E-state index in [2.05, 4.69) is 0 Å². The largest absolute Gasteiger partial charge is 0.492 e. The van der Waals surface area contributed by atoms with Crippen molar-refractivity contribution >= 4 is 17.6 Å². The van der Waals surface area contributed by atoms with Gasteiger partial charge >= 0.3 is 5.97 Å². The predicted octanol–water partition coefficient (Wildman–Crippen LogP) is 1.90. The molecule has 0 radical (unpaired) electrons. The first-order valence-corrected chi connectivity index (χ1v) is 5.23. The van der Waals surface area contributed by atoms with Crippen LogP contribution in [0.1, 0.15) is 18.4 Å². The van der Waals surface area contributed by atoms with Gasteiger partial charge in [0.1, 0.15) is 11.7 Å². The van der Waals surface area contributed by atoms with E-state index in [-0.39, 0.29) is 0 Å². The summed E-state index contributed by atoms with van der Waals surface area (Å²) in [5.41, 5.74) is 0.462. The van der Waals surface area contributed by atoms with Gasteiger partial charge in [0.2, 0.25) is 0 Å². The maximum atomic E-state index is 10.8. The van der Waals surface area contributed by atoms with Gasteiger partial charge in [0, 0.05) is 0 Å². The van der Waals surface area contributed by atoms with Crippen LogP contribution < -0.4 is 4.74 Å². The van der Waals surface area contributed by atoms with Gasteiger partial charge in [0.25, 0.3) is 0 Å². The number of aliphatic carboxylic acids is 1. The van der Waals surface area contributed by atoms with Gasteiger partial charge in [0.15, 0.2) is 0 Å². The third kappa shape index (κ3) is 2.87.